The van der Waals surface area contributed by atoms with E-state index in [0.717, 1.165) is 26.5 Å². The second-order valence-electron chi connectivity index (χ2n) is 4.95. The van der Waals surface area contributed by atoms with Crippen LogP contribution in [-0.2, 0) is 12.8 Å². The van der Waals surface area contributed by atoms with Crippen molar-refractivity contribution < 1.29 is 9.84 Å². The number of nitrogens with zero attached hydrogens (tertiary/aromatic N) is 1. The lowest BCUT2D eigenvalue weighted by Gasteiger charge is -2.12. The van der Waals surface area contributed by atoms with Crippen molar-refractivity contribution in [1.29, 1.82) is 0 Å². The van der Waals surface area contributed by atoms with Crippen LogP contribution in [0.15, 0.2) is 48.5 Å². The first-order valence-corrected chi connectivity index (χ1v) is 7.72. The molecule has 0 saturated carbocycles. The highest BCUT2D eigenvalue weighted by Gasteiger charge is 2.13. The summed E-state index contributed by atoms with van der Waals surface area (Å²) in [5.41, 5.74) is 2.02. The molecule has 4 heteroatoms. The minimum Gasteiger partial charge on any atom is -0.496 e. The number of ether oxygens (including phenoxy) is 1. The number of aliphatic hydroxyl groups excluding tert-OH is 1. The van der Waals surface area contributed by atoms with Crippen LogP contribution in [0.1, 0.15) is 10.6 Å². The molecule has 2 aromatic carbocycles. The number of aromatic nitrogens is 1. The highest BCUT2D eigenvalue weighted by molar-refractivity contribution is 7.18. The molecule has 3 aromatic rings. The molecule has 0 aliphatic heterocycles. The van der Waals surface area contributed by atoms with Crippen LogP contribution < -0.4 is 4.74 Å². The highest BCUT2D eigenvalue weighted by atomic mass is 32.1. The number of methoxy groups -OCH3 is 1. The van der Waals surface area contributed by atoms with E-state index >= 15 is 0 Å². The molecule has 0 amide bonds. The van der Waals surface area contributed by atoms with Crippen LogP contribution in [0, 0.1) is 0 Å². The van der Waals surface area contributed by atoms with E-state index in [1.54, 1.807) is 18.4 Å². The lowest BCUT2D eigenvalue weighted by Crippen LogP contribution is -2.14. The van der Waals surface area contributed by atoms with E-state index in [0.29, 0.717) is 12.8 Å². The van der Waals surface area contributed by atoms with Crippen molar-refractivity contribution in [2.45, 2.75) is 18.9 Å². The van der Waals surface area contributed by atoms with Gasteiger partial charge >= 0.3 is 0 Å². The number of benzene rings is 2. The first-order valence-electron chi connectivity index (χ1n) is 6.90. The maximum Gasteiger partial charge on any atom is 0.122 e. The van der Waals surface area contributed by atoms with Crippen molar-refractivity contribution in [2.24, 2.45) is 0 Å². The van der Waals surface area contributed by atoms with E-state index in [1.807, 2.05) is 42.5 Å². The van der Waals surface area contributed by atoms with Gasteiger partial charge in [-0.3, -0.25) is 0 Å². The summed E-state index contributed by atoms with van der Waals surface area (Å²) in [7, 11) is 1.65. The molecule has 3 nitrogen and oxygen atoms in total. The van der Waals surface area contributed by atoms with Gasteiger partial charge in [-0.1, -0.05) is 30.3 Å². The predicted octanol–water partition coefficient (Wildman–Crippen LogP) is 3.45. The van der Waals surface area contributed by atoms with Crippen molar-refractivity contribution in [3.05, 3.63) is 59.1 Å². The SMILES string of the molecule is COc1ccccc1CC(O)Cc1nc2ccccc2s1. The summed E-state index contributed by atoms with van der Waals surface area (Å²) in [5, 5.41) is 11.3. The molecular formula is C17H17NO2S. The Morgan fingerprint density at radius 2 is 1.86 bits per heavy atom. The molecular weight excluding hydrogens is 282 g/mol. The molecule has 1 N–H and O–H groups in total. The first kappa shape index (κ1) is 14.0. The Hall–Kier alpha value is -1.91. The van der Waals surface area contributed by atoms with Gasteiger partial charge in [-0.05, 0) is 23.8 Å². The van der Waals surface area contributed by atoms with Crippen LogP contribution in [0.3, 0.4) is 0 Å². The Kier molecular flexibility index (Phi) is 4.18. The molecule has 0 saturated heterocycles. The van der Waals surface area contributed by atoms with Crippen molar-refractivity contribution in [1.82, 2.24) is 4.98 Å². The topological polar surface area (TPSA) is 42.4 Å². The van der Waals surface area contributed by atoms with Crippen molar-refractivity contribution >= 4 is 21.6 Å². The van der Waals surface area contributed by atoms with E-state index < -0.39 is 6.10 Å². The highest BCUT2D eigenvalue weighted by Crippen LogP contribution is 2.24. The van der Waals surface area contributed by atoms with E-state index in [1.165, 1.54) is 0 Å². The molecule has 1 heterocycles. The van der Waals surface area contributed by atoms with Gasteiger partial charge in [0.25, 0.3) is 0 Å². The standard InChI is InChI=1S/C17H17NO2S/c1-20-15-8-4-2-6-12(15)10-13(19)11-17-18-14-7-3-5-9-16(14)21-17/h2-9,13,19H,10-11H2,1H3. The van der Waals surface area contributed by atoms with Crippen LogP contribution >= 0.6 is 11.3 Å². The van der Waals surface area contributed by atoms with Gasteiger partial charge in [0.15, 0.2) is 0 Å². The largest absolute Gasteiger partial charge is 0.496 e. The zero-order valence-corrected chi connectivity index (χ0v) is 12.6. The molecule has 1 atom stereocenters. The minimum absolute atomic E-state index is 0.457. The summed E-state index contributed by atoms with van der Waals surface area (Å²) in [4.78, 5) is 4.56. The number of hydrogen-bond donors (Lipinski definition) is 1. The minimum atomic E-state index is -0.457. The van der Waals surface area contributed by atoms with Crippen LogP contribution in [0.5, 0.6) is 5.75 Å². The fraction of sp³-hybridized carbons (Fsp3) is 0.235. The summed E-state index contributed by atoms with van der Waals surface area (Å²) in [5.74, 6) is 0.820. The van der Waals surface area contributed by atoms with E-state index in [9.17, 15) is 5.11 Å². The Morgan fingerprint density at radius 3 is 2.67 bits per heavy atom. The average molecular weight is 299 g/mol. The van der Waals surface area contributed by atoms with Crippen molar-refractivity contribution in [2.75, 3.05) is 7.11 Å². The van der Waals surface area contributed by atoms with Gasteiger partial charge in [-0.25, -0.2) is 4.98 Å². The van der Waals surface area contributed by atoms with Gasteiger partial charge < -0.3 is 9.84 Å². The monoisotopic (exact) mass is 299 g/mol. The van der Waals surface area contributed by atoms with E-state index in [2.05, 4.69) is 11.1 Å². The number of hydrogen-bond acceptors (Lipinski definition) is 4. The van der Waals surface area contributed by atoms with Gasteiger partial charge in [-0.15, -0.1) is 11.3 Å². The number of thiazole rings is 1. The average Bonchev–Trinajstić information content (AvgIpc) is 2.89. The first-order chi connectivity index (χ1) is 10.3. The second-order valence-corrected chi connectivity index (χ2v) is 6.06. The quantitative estimate of drug-likeness (QED) is 0.784. The zero-order chi connectivity index (χ0) is 14.7. The molecule has 1 aromatic heterocycles. The second kappa shape index (κ2) is 6.24. The summed E-state index contributed by atoms with van der Waals surface area (Å²) in [6, 6.07) is 15.8. The molecule has 0 spiro atoms. The van der Waals surface area contributed by atoms with Crippen LogP contribution in [0.4, 0.5) is 0 Å². The van der Waals surface area contributed by atoms with Crippen molar-refractivity contribution in [3.8, 4) is 5.75 Å². The van der Waals surface area contributed by atoms with E-state index in [-0.39, 0.29) is 0 Å². The molecule has 0 aliphatic rings. The smallest absolute Gasteiger partial charge is 0.122 e. The summed E-state index contributed by atoms with van der Waals surface area (Å²) in [6.07, 6.45) is 0.680. The zero-order valence-electron chi connectivity index (χ0n) is 11.8. The maximum atomic E-state index is 10.3. The predicted molar refractivity (Wildman–Crippen MR) is 86.0 cm³/mol. The number of para-hydroxylation sites is 2. The molecule has 21 heavy (non-hydrogen) atoms. The Balaban J connectivity index is 1.72. The lowest BCUT2D eigenvalue weighted by atomic mass is 10.0. The summed E-state index contributed by atoms with van der Waals surface area (Å²) < 4.78 is 6.48. The third kappa shape index (κ3) is 3.23. The van der Waals surface area contributed by atoms with Crippen LogP contribution in [-0.4, -0.2) is 23.3 Å². The van der Waals surface area contributed by atoms with Gasteiger partial charge in [0.1, 0.15) is 5.75 Å². The number of fused-ring (bicyclic) bond motifs is 1. The lowest BCUT2D eigenvalue weighted by molar-refractivity contribution is 0.174. The summed E-state index contributed by atoms with van der Waals surface area (Å²) in [6.45, 7) is 0. The third-order valence-electron chi connectivity index (χ3n) is 3.40. The summed E-state index contributed by atoms with van der Waals surface area (Å²) >= 11 is 1.64. The van der Waals surface area contributed by atoms with Crippen LogP contribution in [0.2, 0.25) is 0 Å². The van der Waals surface area contributed by atoms with Crippen LogP contribution in [0.25, 0.3) is 10.2 Å². The molecule has 0 aliphatic carbocycles. The molecule has 3 rings (SSSR count). The number of rotatable bonds is 5. The molecule has 0 radical (unpaired) electrons. The molecule has 0 fully saturated rings. The normalized spacial score (nSPS) is 12.5. The van der Waals surface area contributed by atoms with E-state index in [4.69, 9.17) is 4.74 Å². The molecule has 108 valence electrons. The Morgan fingerprint density at radius 1 is 1.10 bits per heavy atom. The Labute approximate surface area is 127 Å². The molecule has 1 unspecified atom stereocenters. The number of aliphatic hydroxyl groups is 1. The van der Waals surface area contributed by atoms with Gasteiger partial charge in [-0.2, -0.15) is 0 Å². The van der Waals surface area contributed by atoms with Gasteiger partial charge in [0.05, 0.1) is 28.4 Å². The third-order valence-corrected chi connectivity index (χ3v) is 4.46. The maximum absolute atomic E-state index is 10.3. The molecule has 0 bridgehead atoms. The Bertz CT molecular complexity index is 705. The van der Waals surface area contributed by atoms with Gasteiger partial charge in [0.2, 0.25) is 0 Å². The fourth-order valence-electron chi connectivity index (χ4n) is 2.41. The van der Waals surface area contributed by atoms with Gasteiger partial charge in [0, 0.05) is 12.8 Å². The van der Waals surface area contributed by atoms with Crippen molar-refractivity contribution in [3.63, 3.8) is 0 Å². The fourth-order valence-corrected chi connectivity index (χ4v) is 3.44.